The van der Waals surface area contributed by atoms with E-state index in [-0.39, 0.29) is 0 Å². The largest absolute Gasteiger partial charge is 0.496 e. The lowest BCUT2D eigenvalue weighted by atomic mass is 10.1. The van der Waals surface area contributed by atoms with E-state index in [1.165, 1.54) is 11.3 Å². The molecular formula is C12H11NO2S. The molecule has 0 saturated carbocycles. The van der Waals surface area contributed by atoms with Crippen LogP contribution >= 0.6 is 11.3 Å². The lowest BCUT2D eigenvalue weighted by Gasteiger charge is -2.06. The molecule has 82 valence electrons. The standard InChI is InChI=1S/C12H11NO2S/c1-8-3-4-10(11(5-8)15-2)12-13-6-9(7-14)16-12/h3-7H,1-2H3. The van der Waals surface area contributed by atoms with Crippen molar-refractivity contribution in [3.05, 3.63) is 34.8 Å². The van der Waals surface area contributed by atoms with E-state index < -0.39 is 0 Å². The molecule has 16 heavy (non-hydrogen) atoms. The zero-order valence-electron chi connectivity index (χ0n) is 9.06. The van der Waals surface area contributed by atoms with Gasteiger partial charge in [-0.05, 0) is 24.6 Å². The fourth-order valence-electron chi connectivity index (χ4n) is 1.44. The average Bonchev–Trinajstić information content (AvgIpc) is 2.77. The van der Waals surface area contributed by atoms with E-state index >= 15 is 0 Å². The number of aryl methyl sites for hydroxylation is 1. The van der Waals surface area contributed by atoms with Crippen LogP contribution in [0.25, 0.3) is 10.6 Å². The zero-order valence-corrected chi connectivity index (χ0v) is 9.88. The van der Waals surface area contributed by atoms with Crippen molar-refractivity contribution in [2.24, 2.45) is 0 Å². The summed E-state index contributed by atoms with van der Waals surface area (Å²) in [6.07, 6.45) is 2.38. The number of nitrogens with zero attached hydrogens (tertiary/aromatic N) is 1. The molecule has 0 spiro atoms. The topological polar surface area (TPSA) is 39.2 Å². The highest BCUT2D eigenvalue weighted by molar-refractivity contribution is 7.16. The Balaban J connectivity index is 2.50. The quantitative estimate of drug-likeness (QED) is 0.765. The van der Waals surface area contributed by atoms with Gasteiger partial charge in [-0.2, -0.15) is 0 Å². The summed E-state index contributed by atoms with van der Waals surface area (Å²) in [6, 6.07) is 5.92. The summed E-state index contributed by atoms with van der Waals surface area (Å²) in [7, 11) is 1.63. The molecule has 0 aliphatic heterocycles. The van der Waals surface area contributed by atoms with Crippen LogP contribution in [0.3, 0.4) is 0 Å². The molecule has 0 amide bonds. The number of hydrogen-bond donors (Lipinski definition) is 0. The van der Waals surface area contributed by atoms with Crippen molar-refractivity contribution in [3.8, 4) is 16.3 Å². The van der Waals surface area contributed by atoms with Crippen LogP contribution in [0.2, 0.25) is 0 Å². The summed E-state index contributed by atoms with van der Waals surface area (Å²) in [6.45, 7) is 2.00. The second-order valence-electron chi connectivity index (χ2n) is 3.39. The molecule has 4 heteroatoms. The lowest BCUT2D eigenvalue weighted by Crippen LogP contribution is -1.88. The highest BCUT2D eigenvalue weighted by atomic mass is 32.1. The van der Waals surface area contributed by atoms with Gasteiger partial charge in [-0.3, -0.25) is 4.79 Å². The van der Waals surface area contributed by atoms with E-state index in [1.807, 2.05) is 25.1 Å². The third-order valence-electron chi connectivity index (χ3n) is 2.23. The van der Waals surface area contributed by atoms with Gasteiger partial charge >= 0.3 is 0 Å². The number of carbonyl (C=O) groups is 1. The van der Waals surface area contributed by atoms with Crippen LogP contribution in [0.1, 0.15) is 15.2 Å². The normalized spacial score (nSPS) is 10.1. The first-order valence-corrected chi connectivity index (χ1v) is 5.62. The molecule has 2 aromatic rings. The Kier molecular flexibility index (Phi) is 3.01. The summed E-state index contributed by atoms with van der Waals surface area (Å²) < 4.78 is 5.30. The monoisotopic (exact) mass is 233 g/mol. The lowest BCUT2D eigenvalue weighted by molar-refractivity contribution is 0.112. The van der Waals surface area contributed by atoms with Crippen molar-refractivity contribution in [2.75, 3.05) is 7.11 Å². The molecule has 0 N–H and O–H groups in total. The molecule has 0 atom stereocenters. The Hall–Kier alpha value is -1.68. The van der Waals surface area contributed by atoms with E-state index in [4.69, 9.17) is 4.74 Å². The van der Waals surface area contributed by atoms with Crippen LogP contribution in [-0.4, -0.2) is 18.4 Å². The summed E-state index contributed by atoms with van der Waals surface area (Å²) in [5.41, 5.74) is 2.05. The minimum Gasteiger partial charge on any atom is -0.496 e. The molecule has 3 nitrogen and oxygen atoms in total. The average molecular weight is 233 g/mol. The SMILES string of the molecule is COc1cc(C)ccc1-c1ncc(C=O)s1. The van der Waals surface area contributed by atoms with Gasteiger partial charge in [0.05, 0.1) is 17.6 Å². The van der Waals surface area contributed by atoms with Crippen molar-refractivity contribution >= 4 is 17.6 Å². The van der Waals surface area contributed by atoms with Gasteiger partial charge in [-0.15, -0.1) is 11.3 Å². The summed E-state index contributed by atoms with van der Waals surface area (Å²) in [4.78, 5) is 15.4. The highest BCUT2D eigenvalue weighted by Crippen LogP contribution is 2.33. The van der Waals surface area contributed by atoms with Crippen LogP contribution in [0, 0.1) is 6.92 Å². The van der Waals surface area contributed by atoms with Gasteiger partial charge in [0.25, 0.3) is 0 Å². The molecule has 2 rings (SSSR count). The van der Waals surface area contributed by atoms with Crippen molar-refractivity contribution in [1.82, 2.24) is 4.98 Å². The maximum absolute atomic E-state index is 10.6. The molecule has 0 bridgehead atoms. The fourth-order valence-corrected chi connectivity index (χ4v) is 2.20. The Morgan fingerprint density at radius 2 is 2.25 bits per heavy atom. The van der Waals surface area contributed by atoms with Crippen molar-refractivity contribution < 1.29 is 9.53 Å². The summed E-state index contributed by atoms with van der Waals surface area (Å²) in [5.74, 6) is 0.784. The number of rotatable bonds is 3. The van der Waals surface area contributed by atoms with Crippen LogP contribution in [0.4, 0.5) is 0 Å². The molecular weight excluding hydrogens is 222 g/mol. The molecule has 0 aliphatic rings. The predicted octanol–water partition coefficient (Wildman–Crippen LogP) is 2.94. The van der Waals surface area contributed by atoms with Crippen LogP contribution in [0.15, 0.2) is 24.4 Å². The number of aldehydes is 1. The first kappa shape index (κ1) is 10.8. The van der Waals surface area contributed by atoms with E-state index in [2.05, 4.69) is 4.98 Å². The van der Waals surface area contributed by atoms with E-state index in [1.54, 1.807) is 13.3 Å². The minimum atomic E-state index is 0.623. The van der Waals surface area contributed by atoms with Crippen molar-refractivity contribution in [2.45, 2.75) is 6.92 Å². The molecule has 0 aliphatic carbocycles. The smallest absolute Gasteiger partial charge is 0.161 e. The number of methoxy groups -OCH3 is 1. The van der Waals surface area contributed by atoms with Gasteiger partial charge in [-0.1, -0.05) is 6.07 Å². The van der Waals surface area contributed by atoms with E-state index in [0.717, 1.165) is 28.2 Å². The van der Waals surface area contributed by atoms with Gasteiger partial charge in [0.15, 0.2) is 6.29 Å². The number of hydrogen-bond acceptors (Lipinski definition) is 4. The van der Waals surface area contributed by atoms with Crippen LogP contribution in [0.5, 0.6) is 5.75 Å². The summed E-state index contributed by atoms with van der Waals surface area (Å²) >= 11 is 1.36. The third-order valence-corrected chi connectivity index (χ3v) is 3.18. The minimum absolute atomic E-state index is 0.623. The number of thiazole rings is 1. The van der Waals surface area contributed by atoms with Gasteiger partial charge in [0.2, 0.25) is 0 Å². The molecule has 0 radical (unpaired) electrons. The maximum Gasteiger partial charge on any atom is 0.161 e. The molecule has 1 aromatic carbocycles. The van der Waals surface area contributed by atoms with Gasteiger partial charge in [-0.25, -0.2) is 4.98 Å². The van der Waals surface area contributed by atoms with Crippen molar-refractivity contribution in [1.29, 1.82) is 0 Å². The van der Waals surface area contributed by atoms with Crippen molar-refractivity contribution in [3.63, 3.8) is 0 Å². The van der Waals surface area contributed by atoms with E-state index in [9.17, 15) is 4.79 Å². The molecule has 0 unspecified atom stereocenters. The second-order valence-corrected chi connectivity index (χ2v) is 4.45. The number of ether oxygens (including phenoxy) is 1. The fraction of sp³-hybridized carbons (Fsp3) is 0.167. The predicted molar refractivity (Wildman–Crippen MR) is 64.2 cm³/mol. The molecule has 1 aromatic heterocycles. The first-order chi connectivity index (χ1) is 7.74. The van der Waals surface area contributed by atoms with Crippen LogP contribution < -0.4 is 4.74 Å². The molecule has 0 saturated heterocycles. The Morgan fingerprint density at radius 1 is 1.44 bits per heavy atom. The molecule has 0 fully saturated rings. The van der Waals surface area contributed by atoms with Gasteiger partial charge in [0, 0.05) is 6.20 Å². The maximum atomic E-state index is 10.6. The van der Waals surface area contributed by atoms with Gasteiger partial charge < -0.3 is 4.74 Å². The van der Waals surface area contributed by atoms with E-state index in [0.29, 0.717) is 4.88 Å². The van der Waals surface area contributed by atoms with Gasteiger partial charge in [0.1, 0.15) is 10.8 Å². The Labute approximate surface area is 97.7 Å². The number of benzene rings is 1. The molecule has 1 heterocycles. The number of carbonyl (C=O) groups excluding carboxylic acids is 1. The highest BCUT2D eigenvalue weighted by Gasteiger charge is 2.09. The third kappa shape index (κ3) is 1.97. The summed E-state index contributed by atoms with van der Waals surface area (Å²) in [5, 5.41) is 0.805. The Morgan fingerprint density at radius 3 is 2.88 bits per heavy atom. The second kappa shape index (κ2) is 4.45. The first-order valence-electron chi connectivity index (χ1n) is 4.80. The van der Waals surface area contributed by atoms with Crippen LogP contribution in [-0.2, 0) is 0 Å². The zero-order chi connectivity index (χ0) is 11.5. The Bertz CT molecular complexity index is 519. The number of aromatic nitrogens is 1.